The number of amides is 1. The van der Waals surface area contributed by atoms with E-state index < -0.39 is 0 Å². The van der Waals surface area contributed by atoms with E-state index >= 15 is 0 Å². The maximum Gasteiger partial charge on any atom is 0.223 e. The van der Waals surface area contributed by atoms with Crippen LogP contribution in [0.25, 0.3) is 0 Å². The molecule has 0 aliphatic carbocycles. The lowest BCUT2D eigenvalue weighted by atomic mass is 9.89. The maximum atomic E-state index is 13.5. The van der Waals surface area contributed by atoms with Crippen molar-refractivity contribution in [2.24, 2.45) is 5.73 Å². The van der Waals surface area contributed by atoms with Crippen LogP contribution in [0.5, 0.6) is 0 Å². The van der Waals surface area contributed by atoms with Crippen molar-refractivity contribution in [3.63, 3.8) is 0 Å². The second-order valence-electron chi connectivity index (χ2n) is 5.21. The molecule has 2 rings (SSSR count). The Morgan fingerprint density at radius 1 is 1.47 bits per heavy atom. The number of carbonyl (C=O) groups is 1. The van der Waals surface area contributed by atoms with Crippen LogP contribution in [0.4, 0.5) is 4.39 Å². The van der Waals surface area contributed by atoms with Gasteiger partial charge in [-0.3, -0.25) is 4.79 Å². The summed E-state index contributed by atoms with van der Waals surface area (Å²) in [4.78, 5) is 13.9. The summed E-state index contributed by atoms with van der Waals surface area (Å²) in [5, 5.41) is 0. The van der Waals surface area contributed by atoms with Gasteiger partial charge >= 0.3 is 0 Å². The molecule has 1 aliphatic rings. The first-order chi connectivity index (χ1) is 8.91. The van der Waals surface area contributed by atoms with Gasteiger partial charge in [-0.1, -0.05) is 15.9 Å². The number of hydrogen-bond acceptors (Lipinski definition) is 2. The molecule has 1 aromatic carbocycles. The third-order valence-corrected chi connectivity index (χ3v) is 4.24. The molecule has 5 heteroatoms. The minimum atomic E-state index is -0.313. The predicted molar refractivity (Wildman–Crippen MR) is 76.0 cm³/mol. The van der Waals surface area contributed by atoms with Crippen LogP contribution in [0.3, 0.4) is 0 Å². The summed E-state index contributed by atoms with van der Waals surface area (Å²) >= 11 is 3.43. The lowest BCUT2D eigenvalue weighted by molar-refractivity contribution is -0.139. The monoisotopic (exact) mass is 328 g/mol. The number of halogens is 2. The number of carbonyl (C=O) groups excluding carboxylic acids is 1. The Bertz CT molecular complexity index is 492. The van der Waals surface area contributed by atoms with Crippen LogP contribution in [-0.4, -0.2) is 22.9 Å². The van der Waals surface area contributed by atoms with Crippen LogP contribution >= 0.6 is 15.9 Å². The Hall–Kier alpha value is -0.940. The van der Waals surface area contributed by atoms with Gasteiger partial charge < -0.3 is 10.6 Å². The molecule has 1 saturated heterocycles. The quantitative estimate of drug-likeness (QED) is 0.907. The average Bonchev–Trinajstić information content (AvgIpc) is 2.34. The number of rotatable bonds is 2. The zero-order chi connectivity index (χ0) is 14.2. The molecular formula is C14H18BrFN2O. The summed E-state index contributed by atoms with van der Waals surface area (Å²) in [5.41, 5.74) is 6.93. The van der Waals surface area contributed by atoms with Crippen molar-refractivity contribution in [3.05, 3.63) is 34.1 Å². The molecule has 3 nitrogen and oxygen atoms in total. The third kappa shape index (κ3) is 2.82. The number of piperidine rings is 1. The highest BCUT2D eigenvalue weighted by molar-refractivity contribution is 9.10. The molecule has 19 heavy (non-hydrogen) atoms. The minimum Gasteiger partial charge on any atom is -0.332 e. The van der Waals surface area contributed by atoms with E-state index in [0.717, 1.165) is 10.0 Å². The fourth-order valence-corrected chi connectivity index (χ4v) is 3.15. The van der Waals surface area contributed by atoms with Crippen LogP contribution < -0.4 is 5.73 Å². The highest BCUT2D eigenvalue weighted by atomic mass is 79.9. The number of nitrogens with zero attached hydrogens (tertiary/aromatic N) is 1. The number of benzene rings is 1. The van der Waals surface area contributed by atoms with Crippen molar-refractivity contribution in [2.45, 2.75) is 44.8 Å². The first-order valence-electron chi connectivity index (χ1n) is 6.43. The van der Waals surface area contributed by atoms with E-state index in [-0.39, 0.29) is 29.8 Å². The molecular weight excluding hydrogens is 311 g/mol. The van der Waals surface area contributed by atoms with Crippen molar-refractivity contribution in [3.8, 4) is 0 Å². The van der Waals surface area contributed by atoms with Crippen LogP contribution in [0.2, 0.25) is 0 Å². The number of likely N-dealkylation sites (tertiary alicyclic amines) is 1. The van der Waals surface area contributed by atoms with Gasteiger partial charge in [-0.25, -0.2) is 4.39 Å². The molecule has 104 valence electrons. The molecule has 2 atom stereocenters. The lowest BCUT2D eigenvalue weighted by Gasteiger charge is -2.42. The third-order valence-electron chi connectivity index (χ3n) is 3.52. The van der Waals surface area contributed by atoms with Crippen molar-refractivity contribution in [1.29, 1.82) is 0 Å². The Balaban J connectivity index is 2.48. The van der Waals surface area contributed by atoms with Gasteiger partial charge in [-0.2, -0.15) is 0 Å². The summed E-state index contributed by atoms with van der Waals surface area (Å²) in [7, 11) is 0. The van der Waals surface area contributed by atoms with E-state index in [4.69, 9.17) is 5.73 Å². The standard InChI is InChI=1S/C14H18BrFN2O/c1-8(2)18-13(19)6-5-12(17)14(18)10-7-9(16)3-4-11(10)15/h3-4,7-8,12,14H,5-6,17H2,1-2H3. The molecule has 0 bridgehead atoms. The molecule has 2 unspecified atom stereocenters. The summed E-state index contributed by atoms with van der Waals surface area (Å²) < 4.78 is 14.3. The molecule has 1 aromatic rings. The van der Waals surface area contributed by atoms with Crippen molar-refractivity contribution in [1.82, 2.24) is 4.90 Å². The van der Waals surface area contributed by atoms with Crippen molar-refractivity contribution >= 4 is 21.8 Å². The summed E-state index contributed by atoms with van der Waals surface area (Å²) in [5.74, 6) is -0.231. The van der Waals surface area contributed by atoms with E-state index in [0.29, 0.717) is 12.8 Å². The van der Waals surface area contributed by atoms with Gasteiger partial charge in [0.15, 0.2) is 0 Å². The zero-order valence-corrected chi connectivity index (χ0v) is 12.7. The largest absolute Gasteiger partial charge is 0.332 e. The summed E-state index contributed by atoms with van der Waals surface area (Å²) in [6, 6.07) is 4.12. The normalized spacial score (nSPS) is 24.1. The molecule has 1 amide bonds. The highest BCUT2D eigenvalue weighted by Crippen LogP contribution is 2.36. The number of hydrogen-bond donors (Lipinski definition) is 1. The van der Waals surface area contributed by atoms with Gasteiger partial charge in [0.2, 0.25) is 5.91 Å². The Labute approximate surface area is 121 Å². The van der Waals surface area contributed by atoms with Crippen LogP contribution in [0.1, 0.15) is 38.3 Å². The Kier molecular flexibility index (Phi) is 4.26. The topological polar surface area (TPSA) is 46.3 Å². The van der Waals surface area contributed by atoms with Gasteiger partial charge in [-0.05, 0) is 44.0 Å². The van der Waals surface area contributed by atoms with E-state index in [2.05, 4.69) is 15.9 Å². The molecule has 1 fully saturated rings. The Morgan fingerprint density at radius 3 is 2.79 bits per heavy atom. The van der Waals surface area contributed by atoms with Crippen LogP contribution in [-0.2, 0) is 4.79 Å². The zero-order valence-electron chi connectivity index (χ0n) is 11.1. The summed E-state index contributed by atoms with van der Waals surface area (Å²) in [6.45, 7) is 3.91. The van der Waals surface area contributed by atoms with E-state index in [1.54, 1.807) is 11.0 Å². The van der Waals surface area contributed by atoms with Gasteiger partial charge in [0, 0.05) is 23.0 Å². The fourth-order valence-electron chi connectivity index (χ4n) is 2.67. The predicted octanol–water partition coefficient (Wildman–Crippen LogP) is 2.99. The van der Waals surface area contributed by atoms with Crippen molar-refractivity contribution < 1.29 is 9.18 Å². The van der Waals surface area contributed by atoms with Crippen LogP contribution in [0, 0.1) is 5.82 Å². The molecule has 1 aliphatic heterocycles. The molecule has 2 N–H and O–H groups in total. The SMILES string of the molecule is CC(C)N1C(=O)CCC(N)C1c1cc(F)ccc1Br. The van der Waals surface area contributed by atoms with E-state index in [1.165, 1.54) is 12.1 Å². The maximum absolute atomic E-state index is 13.5. The average molecular weight is 329 g/mol. The highest BCUT2D eigenvalue weighted by Gasteiger charge is 2.37. The van der Waals surface area contributed by atoms with Gasteiger partial charge in [0.25, 0.3) is 0 Å². The lowest BCUT2D eigenvalue weighted by Crippen LogP contribution is -2.51. The van der Waals surface area contributed by atoms with Gasteiger partial charge in [-0.15, -0.1) is 0 Å². The first kappa shape index (κ1) is 14.5. The van der Waals surface area contributed by atoms with E-state index in [1.807, 2.05) is 13.8 Å². The number of nitrogens with two attached hydrogens (primary N) is 1. The molecule has 0 radical (unpaired) electrons. The van der Waals surface area contributed by atoms with Crippen LogP contribution in [0.15, 0.2) is 22.7 Å². The molecule has 0 aromatic heterocycles. The van der Waals surface area contributed by atoms with Gasteiger partial charge in [0.05, 0.1) is 6.04 Å². The second-order valence-corrected chi connectivity index (χ2v) is 6.06. The molecule has 0 saturated carbocycles. The Morgan fingerprint density at radius 2 is 2.16 bits per heavy atom. The minimum absolute atomic E-state index is 0.0408. The smallest absolute Gasteiger partial charge is 0.223 e. The summed E-state index contributed by atoms with van der Waals surface area (Å²) in [6.07, 6.45) is 1.10. The van der Waals surface area contributed by atoms with Crippen molar-refractivity contribution in [2.75, 3.05) is 0 Å². The molecule has 1 heterocycles. The fraction of sp³-hybridized carbons (Fsp3) is 0.500. The first-order valence-corrected chi connectivity index (χ1v) is 7.22. The van der Waals surface area contributed by atoms with Gasteiger partial charge in [0.1, 0.15) is 5.82 Å². The van der Waals surface area contributed by atoms with E-state index in [9.17, 15) is 9.18 Å². The molecule has 0 spiro atoms. The second kappa shape index (κ2) is 5.59.